The van der Waals surface area contributed by atoms with Gasteiger partial charge in [0.15, 0.2) is 0 Å². The third-order valence-corrected chi connectivity index (χ3v) is 4.89. The molecule has 108 valence electrons. The average Bonchev–Trinajstić information content (AvgIpc) is 2.99. The highest BCUT2D eigenvalue weighted by atomic mass is 19.1. The van der Waals surface area contributed by atoms with E-state index < -0.39 is 0 Å². The molecule has 1 amide bonds. The van der Waals surface area contributed by atoms with Gasteiger partial charge in [0.1, 0.15) is 5.82 Å². The summed E-state index contributed by atoms with van der Waals surface area (Å²) in [5, 5.41) is 2.97. The topological polar surface area (TPSA) is 55.1 Å². The molecule has 0 spiro atoms. The summed E-state index contributed by atoms with van der Waals surface area (Å²) in [6, 6.07) is 6.53. The Morgan fingerprint density at radius 3 is 2.85 bits per heavy atom. The van der Waals surface area contributed by atoms with Crippen molar-refractivity contribution in [2.75, 3.05) is 6.54 Å². The maximum Gasteiger partial charge on any atom is 0.224 e. The van der Waals surface area contributed by atoms with E-state index in [9.17, 15) is 9.18 Å². The average molecular weight is 276 g/mol. The van der Waals surface area contributed by atoms with E-state index in [0.29, 0.717) is 24.8 Å². The number of carbonyl (C=O) groups is 1. The highest BCUT2D eigenvalue weighted by Gasteiger charge is 2.48. The first-order valence-electron chi connectivity index (χ1n) is 7.43. The standard InChI is InChI=1S/C16H21FN2O/c17-13-3-1-2-10(8-13)6-7-19-16(20)14-11-4-5-12(9-11)15(14)18/h1-3,8,11-12,14-15H,4-7,9,18H2,(H,19,20). The molecule has 0 radical (unpaired) electrons. The number of carbonyl (C=O) groups excluding carboxylic acids is 1. The molecule has 2 saturated carbocycles. The molecule has 0 aromatic heterocycles. The zero-order valence-electron chi connectivity index (χ0n) is 11.5. The Hall–Kier alpha value is -1.42. The minimum atomic E-state index is -0.232. The lowest BCUT2D eigenvalue weighted by molar-refractivity contribution is -0.127. The maximum absolute atomic E-state index is 13.0. The summed E-state index contributed by atoms with van der Waals surface area (Å²) in [7, 11) is 0. The van der Waals surface area contributed by atoms with Crippen LogP contribution in [-0.4, -0.2) is 18.5 Å². The van der Waals surface area contributed by atoms with E-state index in [1.807, 2.05) is 6.07 Å². The van der Waals surface area contributed by atoms with Gasteiger partial charge >= 0.3 is 0 Å². The van der Waals surface area contributed by atoms with Crippen LogP contribution in [0.1, 0.15) is 24.8 Å². The first-order chi connectivity index (χ1) is 9.65. The van der Waals surface area contributed by atoms with Gasteiger partial charge in [-0.25, -0.2) is 4.39 Å². The second-order valence-corrected chi connectivity index (χ2v) is 6.11. The first kappa shape index (κ1) is 13.6. The van der Waals surface area contributed by atoms with Crippen LogP contribution in [0.5, 0.6) is 0 Å². The Bertz CT molecular complexity index is 503. The van der Waals surface area contributed by atoms with Crippen molar-refractivity contribution in [1.29, 1.82) is 0 Å². The van der Waals surface area contributed by atoms with Gasteiger partial charge < -0.3 is 11.1 Å². The molecule has 20 heavy (non-hydrogen) atoms. The maximum atomic E-state index is 13.0. The number of benzene rings is 1. The highest BCUT2D eigenvalue weighted by molar-refractivity contribution is 5.80. The minimum absolute atomic E-state index is 0.0127. The number of halogens is 1. The lowest BCUT2D eigenvalue weighted by Gasteiger charge is -2.27. The molecule has 0 heterocycles. The van der Waals surface area contributed by atoms with Crippen LogP contribution in [0.2, 0.25) is 0 Å². The summed E-state index contributed by atoms with van der Waals surface area (Å²) in [5.41, 5.74) is 7.06. The van der Waals surface area contributed by atoms with E-state index in [0.717, 1.165) is 18.4 Å². The Kier molecular flexibility index (Phi) is 3.74. The van der Waals surface area contributed by atoms with Crippen molar-refractivity contribution in [3.05, 3.63) is 35.6 Å². The number of nitrogens with two attached hydrogens (primary N) is 1. The molecule has 2 aliphatic rings. The Morgan fingerprint density at radius 1 is 1.35 bits per heavy atom. The monoisotopic (exact) mass is 276 g/mol. The Labute approximate surface area is 118 Å². The second kappa shape index (κ2) is 5.52. The van der Waals surface area contributed by atoms with Gasteiger partial charge in [0, 0.05) is 12.6 Å². The van der Waals surface area contributed by atoms with E-state index in [1.165, 1.54) is 18.6 Å². The van der Waals surface area contributed by atoms with Crippen molar-refractivity contribution in [1.82, 2.24) is 5.32 Å². The molecule has 4 unspecified atom stereocenters. The zero-order chi connectivity index (χ0) is 14.1. The number of rotatable bonds is 4. The SMILES string of the molecule is NC1C2CCC(C2)C1C(=O)NCCc1cccc(F)c1. The zero-order valence-corrected chi connectivity index (χ0v) is 11.5. The molecule has 1 aromatic rings. The molecule has 1 aromatic carbocycles. The van der Waals surface area contributed by atoms with E-state index in [4.69, 9.17) is 5.73 Å². The highest BCUT2D eigenvalue weighted by Crippen LogP contribution is 2.47. The normalized spacial score (nSPS) is 31.5. The third-order valence-electron chi connectivity index (χ3n) is 4.89. The van der Waals surface area contributed by atoms with Crippen LogP contribution in [0.15, 0.2) is 24.3 Å². The minimum Gasteiger partial charge on any atom is -0.355 e. The third kappa shape index (κ3) is 2.57. The molecule has 0 aliphatic heterocycles. The summed E-state index contributed by atoms with van der Waals surface area (Å²) in [4.78, 5) is 12.2. The summed E-state index contributed by atoms with van der Waals surface area (Å²) in [5.74, 6) is 0.856. The predicted octanol–water partition coefficient (Wildman–Crippen LogP) is 1.86. The molecular formula is C16H21FN2O. The lowest BCUT2D eigenvalue weighted by Crippen LogP contribution is -2.45. The molecule has 3 nitrogen and oxygen atoms in total. The van der Waals surface area contributed by atoms with Gasteiger partial charge in [-0.15, -0.1) is 0 Å². The van der Waals surface area contributed by atoms with Crippen LogP contribution in [0, 0.1) is 23.6 Å². The second-order valence-electron chi connectivity index (χ2n) is 6.11. The Morgan fingerprint density at radius 2 is 2.15 bits per heavy atom. The fourth-order valence-corrected chi connectivity index (χ4v) is 3.87. The van der Waals surface area contributed by atoms with Crippen LogP contribution >= 0.6 is 0 Å². The summed E-state index contributed by atoms with van der Waals surface area (Å²) in [6.45, 7) is 0.545. The molecule has 2 aliphatic carbocycles. The number of amides is 1. The van der Waals surface area contributed by atoms with E-state index >= 15 is 0 Å². The molecule has 4 heteroatoms. The first-order valence-corrected chi connectivity index (χ1v) is 7.43. The molecule has 4 atom stereocenters. The quantitative estimate of drug-likeness (QED) is 0.882. The van der Waals surface area contributed by atoms with Crippen LogP contribution in [-0.2, 0) is 11.2 Å². The molecule has 3 N–H and O–H groups in total. The molecular weight excluding hydrogens is 255 g/mol. The lowest BCUT2D eigenvalue weighted by atomic mass is 9.84. The number of hydrogen-bond donors (Lipinski definition) is 2. The number of nitrogens with one attached hydrogen (secondary N) is 1. The van der Waals surface area contributed by atoms with Crippen molar-refractivity contribution in [3.8, 4) is 0 Å². The van der Waals surface area contributed by atoms with Gasteiger partial charge in [-0.2, -0.15) is 0 Å². The number of fused-ring (bicyclic) bond motifs is 2. The summed E-state index contributed by atoms with van der Waals surface area (Å²) < 4.78 is 13.0. The van der Waals surface area contributed by atoms with E-state index in [2.05, 4.69) is 5.32 Å². The molecule has 0 saturated heterocycles. The van der Waals surface area contributed by atoms with Gasteiger partial charge in [0.2, 0.25) is 5.91 Å². The van der Waals surface area contributed by atoms with Crippen molar-refractivity contribution >= 4 is 5.91 Å². The number of hydrogen-bond acceptors (Lipinski definition) is 2. The van der Waals surface area contributed by atoms with Crippen LogP contribution in [0.4, 0.5) is 4.39 Å². The van der Waals surface area contributed by atoms with Crippen molar-refractivity contribution in [3.63, 3.8) is 0 Å². The molecule has 2 fully saturated rings. The van der Waals surface area contributed by atoms with Crippen molar-refractivity contribution < 1.29 is 9.18 Å². The van der Waals surface area contributed by atoms with Crippen LogP contribution in [0.3, 0.4) is 0 Å². The van der Waals surface area contributed by atoms with Gasteiger partial charge in [-0.3, -0.25) is 4.79 Å². The fraction of sp³-hybridized carbons (Fsp3) is 0.562. The van der Waals surface area contributed by atoms with E-state index in [-0.39, 0.29) is 23.7 Å². The molecule has 3 rings (SSSR count). The van der Waals surface area contributed by atoms with Crippen molar-refractivity contribution in [2.24, 2.45) is 23.5 Å². The Balaban J connectivity index is 1.50. The van der Waals surface area contributed by atoms with Gasteiger partial charge in [-0.05, 0) is 55.2 Å². The van der Waals surface area contributed by atoms with Crippen molar-refractivity contribution in [2.45, 2.75) is 31.7 Å². The van der Waals surface area contributed by atoms with Gasteiger partial charge in [0.05, 0.1) is 5.92 Å². The smallest absolute Gasteiger partial charge is 0.224 e. The van der Waals surface area contributed by atoms with Gasteiger partial charge in [0.25, 0.3) is 0 Å². The summed E-state index contributed by atoms with van der Waals surface area (Å²) >= 11 is 0. The van der Waals surface area contributed by atoms with E-state index in [1.54, 1.807) is 6.07 Å². The molecule has 2 bridgehead atoms. The van der Waals surface area contributed by atoms with Gasteiger partial charge in [-0.1, -0.05) is 12.1 Å². The summed E-state index contributed by atoms with van der Waals surface area (Å²) in [6.07, 6.45) is 4.09. The predicted molar refractivity (Wildman–Crippen MR) is 75.4 cm³/mol. The van der Waals surface area contributed by atoms with Crippen LogP contribution in [0.25, 0.3) is 0 Å². The fourth-order valence-electron chi connectivity index (χ4n) is 3.87. The largest absolute Gasteiger partial charge is 0.355 e. The van der Waals surface area contributed by atoms with Crippen LogP contribution < -0.4 is 11.1 Å².